The Balaban J connectivity index is 1.62. The lowest BCUT2D eigenvalue weighted by Gasteiger charge is -2.39. The summed E-state index contributed by atoms with van der Waals surface area (Å²) in [6.45, 7) is 12.0. The molecule has 150 valence electrons. The Hall–Kier alpha value is -1.40. The lowest BCUT2D eigenvalue weighted by molar-refractivity contribution is 0.0792. The standard InChI is InChI=1S/C21H34N4OS/c1-3-22-20(23-18-21(27-4-2)10-16-26-17-11-21)25-14-12-24(13-15-25)19-8-6-5-7-9-19/h5-9H,3-4,10-18H2,1-2H3,(H,22,23). The maximum absolute atomic E-state index is 5.60. The Kier molecular flexibility index (Phi) is 7.70. The van der Waals surface area contributed by atoms with Crippen molar-refractivity contribution in [3.8, 4) is 0 Å². The summed E-state index contributed by atoms with van der Waals surface area (Å²) in [5.74, 6) is 2.22. The largest absolute Gasteiger partial charge is 0.381 e. The second-order valence-corrected chi connectivity index (χ2v) is 8.94. The molecule has 0 aliphatic carbocycles. The zero-order valence-electron chi connectivity index (χ0n) is 16.8. The van der Waals surface area contributed by atoms with Gasteiger partial charge in [-0.05, 0) is 37.7 Å². The normalized spacial score (nSPS) is 20.6. The first kappa shape index (κ1) is 20.3. The molecule has 1 N–H and O–H groups in total. The van der Waals surface area contributed by atoms with E-state index in [0.717, 1.165) is 77.0 Å². The van der Waals surface area contributed by atoms with E-state index in [1.807, 2.05) is 0 Å². The van der Waals surface area contributed by atoms with Gasteiger partial charge in [0.25, 0.3) is 0 Å². The van der Waals surface area contributed by atoms with Gasteiger partial charge in [0.1, 0.15) is 0 Å². The lowest BCUT2D eigenvalue weighted by Crippen LogP contribution is -2.53. The monoisotopic (exact) mass is 390 g/mol. The summed E-state index contributed by atoms with van der Waals surface area (Å²) in [7, 11) is 0. The summed E-state index contributed by atoms with van der Waals surface area (Å²) in [6, 6.07) is 10.7. The zero-order valence-corrected chi connectivity index (χ0v) is 17.6. The Bertz CT molecular complexity index is 576. The van der Waals surface area contributed by atoms with Crippen LogP contribution in [0.15, 0.2) is 35.3 Å². The molecule has 0 bridgehead atoms. The van der Waals surface area contributed by atoms with Gasteiger partial charge in [0.2, 0.25) is 0 Å². The third-order valence-electron chi connectivity index (χ3n) is 5.41. The van der Waals surface area contributed by atoms with Crippen molar-refractivity contribution in [2.24, 2.45) is 4.99 Å². The van der Waals surface area contributed by atoms with E-state index < -0.39 is 0 Å². The van der Waals surface area contributed by atoms with Gasteiger partial charge in [-0.1, -0.05) is 25.1 Å². The number of ether oxygens (including phenoxy) is 1. The fourth-order valence-electron chi connectivity index (χ4n) is 3.86. The molecule has 1 aromatic rings. The van der Waals surface area contributed by atoms with Crippen LogP contribution >= 0.6 is 11.8 Å². The van der Waals surface area contributed by atoms with Crippen LogP contribution in [0, 0.1) is 0 Å². The number of rotatable bonds is 6. The molecule has 5 nitrogen and oxygen atoms in total. The minimum atomic E-state index is 0.250. The number of hydrogen-bond donors (Lipinski definition) is 1. The smallest absolute Gasteiger partial charge is 0.194 e. The average molecular weight is 391 g/mol. The van der Waals surface area contributed by atoms with Gasteiger partial charge in [-0.2, -0.15) is 11.8 Å². The van der Waals surface area contributed by atoms with Crippen LogP contribution in [0.3, 0.4) is 0 Å². The molecule has 0 saturated carbocycles. The summed E-state index contributed by atoms with van der Waals surface area (Å²) in [5, 5.41) is 3.52. The van der Waals surface area contributed by atoms with E-state index in [-0.39, 0.29) is 4.75 Å². The molecule has 1 aromatic carbocycles. The molecule has 3 rings (SSSR count). The molecule has 0 spiro atoms. The van der Waals surface area contributed by atoms with Crippen LogP contribution in [0.1, 0.15) is 26.7 Å². The van der Waals surface area contributed by atoms with Crippen LogP contribution in [0.4, 0.5) is 5.69 Å². The van der Waals surface area contributed by atoms with Gasteiger partial charge in [-0.3, -0.25) is 4.99 Å². The highest BCUT2D eigenvalue weighted by Gasteiger charge is 2.33. The first-order valence-electron chi connectivity index (χ1n) is 10.3. The number of nitrogens with one attached hydrogen (secondary N) is 1. The van der Waals surface area contributed by atoms with E-state index in [2.05, 4.69) is 71.1 Å². The highest BCUT2D eigenvalue weighted by atomic mass is 32.2. The van der Waals surface area contributed by atoms with Crippen LogP contribution < -0.4 is 10.2 Å². The summed E-state index contributed by atoms with van der Waals surface area (Å²) in [4.78, 5) is 9.97. The number of thioether (sulfide) groups is 1. The molecule has 2 saturated heterocycles. The summed E-state index contributed by atoms with van der Waals surface area (Å²) >= 11 is 2.06. The summed E-state index contributed by atoms with van der Waals surface area (Å²) in [5.41, 5.74) is 1.32. The number of para-hydroxylation sites is 1. The number of anilines is 1. The van der Waals surface area contributed by atoms with Gasteiger partial charge < -0.3 is 19.9 Å². The maximum atomic E-state index is 5.60. The third kappa shape index (κ3) is 5.55. The van der Waals surface area contributed by atoms with E-state index in [4.69, 9.17) is 9.73 Å². The maximum Gasteiger partial charge on any atom is 0.194 e. The van der Waals surface area contributed by atoms with Crippen molar-refractivity contribution in [3.05, 3.63) is 30.3 Å². The van der Waals surface area contributed by atoms with Gasteiger partial charge in [-0.15, -0.1) is 0 Å². The van der Waals surface area contributed by atoms with Crippen LogP contribution in [-0.2, 0) is 4.74 Å². The molecule has 0 atom stereocenters. The highest BCUT2D eigenvalue weighted by Crippen LogP contribution is 2.35. The molecule has 2 fully saturated rings. The van der Waals surface area contributed by atoms with Gasteiger partial charge in [0.05, 0.1) is 6.54 Å². The van der Waals surface area contributed by atoms with Crippen LogP contribution in [0.2, 0.25) is 0 Å². The first-order valence-corrected chi connectivity index (χ1v) is 11.3. The number of guanidine groups is 1. The average Bonchev–Trinajstić information content (AvgIpc) is 2.73. The quantitative estimate of drug-likeness (QED) is 0.597. The molecule has 2 aliphatic heterocycles. The van der Waals surface area contributed by atoms with Crippen LogP contribution in [0.25, 0.3) is 0 Å². The van der Waals surface area contributed by atoms with E-state index in [0.29, 0.717) is 0 Å². The Morgan fingerprint density at radius 2 is 1.81 bits per heavy atom. The minimum Gasteiger partial charge on any atom is -0.381 e. The molecule has 27 heavy (non-hydrogen) atoms. The van der Waals surface area contributed by atoms with Gasteiger partial charge in [0.15, 0.2) is 5.96 Å². The molecule has 6 heteroatoms. The molecule has 2 heterocycles. The fourth-order valence-corrected chi connectivity index (χ4v) is 5.08. The number of nitrogens with zero attached hydrogens (tertiary/aromatic N) is 3. The van der Waals surface area contributed by atoms with Gasteiger partial charge in [0, 0.05) is 56.4 Å². The third-order valence-corrected chi connectivity index (χ3v) is 6.85. The number of piperazine rings is 1. The topological polar surface area (TPSA) is 40.1 Å². The zero-order chi connectivity index (χ0) is 19.0. The Morgan fingerprint density at radius 3 is 2.44 bits per heavy atom. The van der Waals surface area contributed by atoms with Crippen molar-refractivity contribution in [1.29, 1.82) is 0 Å². The molecule has 0 amide bonds. The first-order chi connectivity index (χ1) is 13.3. The van der Waals surface area contributed by atoms with E-state index in [9.17, 15) is 0 Å². The highest BCUT2D eigenvalue weighted by molar-refractivity contribution is 8.00. The Labute approximate surface area is 168 Å². The molecule has 2 aliphatic rings. The summed E-state index contributed by atoms with van der Waals surface area (Å²) in [6.07, 6.45) is 2.21. The Morgan fingerprint density at radius 1 is 1.11 bits per heavy atom. The van der Waals surface area contributed by atoms with Crippen molar-refractivity contribution < 1.29 is 4.74 Å². The SMILES string of the molecule is CCNC(=NCC1(SCC)CCOCC1)N1CCN(c2ccccc2)CC1. The molecule has 0 aromatic heterocycles. The van der Waals surface area contributed by atoms with Crippen molar-refractivity contribution in [3.63, 3.8) is 0 Å². The van der Waals surface area contributed by atoms with Crippen LogP contribution in [0.5, 0.6) is 0 Å². The second kappa shape index (κ2) is 10.2. The number of hydrogen-bond acceptors (Lipinski definition) is 4. The second-order valence-electron chi connectivity index (χ2n) is 7.21. The van der Waals surface area contributed by atoms with E-state index in [1.54, 1.807) is 0 Å². The van der Waals surface area contributed by atoms with Gasteiger partial charge >= 0.3 is 0 Å². The van der Waals surface area contributed by atoms with E-state index in [1.165, 1.54) is 5.69 Å². The van der Waals surface area contributed by atoms with Crippen molar-refractivity contribution in [1.82, 2.24) is 10.2 Å². The summed E-state index contributed by atoms with van der Waals surface area (Å²) < 4.78 is 5.85. The molecule has 0 radical (unpaired) electrons. The molecular formula is C21H34N4OS. The van der Waals surface area contributed by atoms with Gasteiger partial charge in [-0.25, -0.2) is 0 Å². The number of aliphatic imine (C=N–C) groups is 1. The van der Waals surface area contributed by atoms with Crippen molar-refractivity contribution >= 4 is 23.4 Å². The fraction of sp³-hybridized carbons (Fsp3) is 0.667. The molecule has 0 unspecified atom stereocenters. The van der Waals surface area contributed by atoms with Crippen molar-refractivity contribution in [2.75, 3.05) is 63.1 Å². The van der Waals surface area contributed by atoms with E-state index >= 15 is 0 Å². The van der Waals surface area contributed by atoms with Crippen LogP contribution in [-0.4, -0.2) is 73.8 Å². The minimum absolute atomic E-state index is 0.250. The van der Waals surface area contributed by atoms with Crippen molar-refractivity contribution in [2.45, 2.75) is 31.4 Å². The molecular weight excluding hydrogens is 356 g/mol. The number of benzene rings is 1. The predicted molar refractivity (Wildman–Crippen MR) is 117 cm³/mol. The predicted octanol–water partition coefficient (Wildman–Crippen LogP) is 3.08. The lowest BCUT2D eigenvalue weighted by atomic mass is 9.99.